The third-order valence-electron chi connectivity index (χ3n) is 4.55. The molecule has 2 aromatic heterocycles. The van der Waals surface area contributed by atoms with Gasteiger partial charge in [-0.25, -0.2) is 0 Å². The molecule has 0 bridgehead atoms. The maximum absolute atomic E-state index is 5.38. The zero-order valence-corrected chi connectivity index (χ0v) is 15.8. The van der Waals surface area contributed by atoms with Gasteiger partial charge in [0, 0.05) is 37.5 Å². The molecule has 3 rings (SSSR count). The van der Waals surface area contributed by atoms with E-state index in [0.717, 1.165) is 31.3 Å². The Kier molecular flexibility index (Phi) is 5.48. The molecular weight excluding hydrogens is 320 g/mol. The van der Waals surface area contributed by atoms with Crippen LogP contribution < -0.4 is 0 Å². The molecule has 8 heteroatoms. The topological polar surface area (TPSA) is 84.3 Å². The molecule has 3 heterocycles. The van der Waals surface area contributed by atoms with Crippen LogP contribution in [0.2, 0.25) is 0 Å². The molecule has 2 aromatic rings. The number of aromatic nitrogens is 4. The fourth-order valence-electron chi connectivity index (χ4n) is 2.95. The maximum atomic E-state index is 5.38. The third kappa shape index (κ3) is 4.43. The van der Waals surface area contributed by atoms with Crippen molar-refractivity contribution in [2.24, 2.45) is 0 Å². The first kappa shape index (κ1) is 18.0. The van der Waals surface area contributed by atoms with Gasteiger partial charge < -0.3 is 9.05 Å². The molecule has 1 fully saturated rings. The molecule has 0 N–H and O–H groups in total. The van der Waals surface area contributed by atoms with Crippen molar-refractivity contribution in [3.63, 3.8) is 0 Å². The van der Waals surface area contributed by atoms with E-state index < -0.39 is 0 Å². The van der Waals surface area contributed by atoms with E-state index in [4.69, 9.17) is 9.05 Å². The van der Waals surface area contributed by atoms with Gasteiger partial charge in [0.05, 0.1) is 13.1 Å². The summed E-state index contributed by atoms with van der Waals surface area (Å²) in [5.41, 5.74) is 0. The van der Waals surface area contributed by atoms with E-state index in [2.05, 4.69) is 64.7 Å². The van der Waals surface area contributed by atoms with Crippen LogP contribution in [0.25, 0.3) is 0 Å². The monoisotopic (exact) mass is 348 g/mol. The molecule has 1 saturated heterocycles. The van der Waals surface area contributed by atoms with Gasteiger partial charge in [-0.1, -0.05) is 38.0 Å². The van der Waals surface area contributed by atoms with Crippen LogP contribution in [0.5, 0.6) is 0 Å². The number of piperazine rings is 1. The highest BCUT2D eigenvalue weighted by Crippen LogP contribution is 2.17. The lowest BCUT2D eigenvalue weighted by Gasteiger charge is -2.38. The zero-order chi connectivity index (χ0) is 18.0. The van der Waals surface area contributed by atoms with Gasteiger partial charge in [-0.15, -0.1) is 0 Å². The molecule has 0 aliphatic carbocycles. The summed E-state index contributed by atoms with van der Waals surface area (Å²) in [6.07, 6.45) is 0. The molecule has 138 valence electrons. The summed E-state index contributed by atoms with van der Waals surface area (Å²) in [6.45, 7) is 14.7. The lowest BCUT2D eigenvalue weighted by atomic mass is 10.2. The van der Waals surface area contributed by atoms with Gasteiger partial charge in [0.25, 0.3) is 0 Å². The van der Waals surface area contributed by atoms with Crippen LogP contribution in [0.4, 0.5) is 0 Å². The van der Waals surface area contributed by atoms with Crippen LogP contribution in [0.3, 0.4) is 0 Å². The summed E-state index contributed by atoms with van der Waals surface area (Å²) in [7, 11) is 0. The summed E-state index contributed by atoms with van der Waals surface area (Å²) in [5, 5.41) is 8.08. The van der Waals surface area contributed by atoms with Gasteiger partial charge in [0.1, 0.15) is 0 Å². The van der Waals surface area contributed by atoms with Crippen molar-refractivity contribution in [1.82, 2.24) is 30.1 Å². The minimum atomic E-state index is 0.289. The van der Waals surface area contributed by atoms with Gasteiger partial charge in [-0.05, 0) is 6.92 Å². The number of nitrogens with zero attached hydrogens (tertiary/aromatic N) is 6. The van der Waals surface area contributed by atoms with E-state index in [1.54, 1.807) is 0 Å². The lowest BCUT2D eigenvalue weighted by Crippen LogP contribution is -2.51. The molecule has 25 heavy (non-hydrogen) atoms. The van der Waals surface area contributed by atoms with Crippen LogP contribution in [0, 0.1) is 0 Å². The average molecular weight is 348 g/mol. The molecule has 1 atom stereocenters. The first-order valence-electron chi connectivity index (χ1n) is 9.03. The fraction of sp³-hybridized carbons (Fsp3) is 0.765. The Morgan fingerprint density at radius 3 is 1.96 bits per heavy atom. The van der Waals surface area contributed by atoms with Gasteiger partial charge in [-0.3, -0.25) is 9.80 Å². The first-order valence-corrected chi connectivity index (χ1v) is 9.03. The lowest BCUT2D eigenvalue weighted by molar-refractivity contribution is 0.0594. The van der Waals surface area contributed by atoms with Crippen molar-refractivity contribution in [2.45, 2.75) is 65.6 Å². The van der Waals surface area contributed by atoms with Crippen molar-refractivity contribution >= 4 is 0 Å². The molecule has 0 spiro atoms. The minimum Gasteiger partial charge on any atom is -0.338 e. The Morgan fingerprint density at radius 2 is 1.48 bits per heavy atom. The molecule has 8 nitrogen and oxygen atoms in total. The van der Waals surface area contributed by atoms with Gasteiger partial charge in [-0.2, -0.15) is 9.97 Å². The highest BCUT2D eigenvalue weighted by molar-refractivity contribution is 4.94. The predicted octanol–water partition coefficient (Wildman–Crippen LogP) is 2.41. The van der Waals surface area contributed by atoms with E-state index in [1.807, 2.05) is 0 Å². The smallest absolute Gasteiger partial charge is 0.240 e. The number of hydrogen-bond donors (Lipinski definition) is 0. The number of rotatable bonds is 6. The number of hydrogen-bond acceptors (Lipinski definition) is 8. The molecule has 1 aliphatic rings. The second-order valence-electron chi connectivity index (χ2n) is 7.46. The summed E-state index contributed by atoms with van der Waals surface area (Å²) in [5.74, 6) is 3.53. The van der Waals surface area contributed by atoms with Crippen molar-refractivity contribution in [3.8, 4) is 0 Å². The minimum absolute atomic E-state index is 0.289. The van der Waals surface area contributed by atoms with Gasteiger partial charge >= 0.3 is 0 Å². The molecule has 0 unspecified atom stereocenters. The van der Waals surface area contributed by atoms with Crippen molar-refractivity contribution in [2.75, 3.05) is 19.6 Å². The largest absolute Gasteiger partial charge is 0.338 e. The van der Waals surface area contributed by atoms with E-state index in [1.165, 1.54) is 0 Å². The summed E-state index contributed by atoms with van der Waals surface area (Å²) < 4.78 is 10.7. The van der Waals surface area contributed by atoms with E-state index in [9.17, 15) is 0 Å². The second-order valence-corrected chi connectivity index (χ2v) is 7.46. The van der Waals surface area contributed by atoms with Crippen LogP contribution in [0.15, 0.2) is 9.05 Å². The predicted molar refractivity (Wildman–Crippen MR) is 91.9 cm³/mol. The molecule has 0 saturated carbocycles. The Bertz CT molecular complexity index is 680. The molecule has 0 aromatic carbocycles. The summed E-state index contributed by atoms with van der Waals surface area (Å²) in [4.78, 5) is 13.7. The quantitative estimate of drug-likeness (QED) is 0.787. The molecular formula is C17H28N6O2. The Balaban J connectivity index is 1.52. The Hall–Kier alpha value is -1.80. The third-order valence-corrected chi connectivity index (χ3v) is 4.55. The van der Waals surface area contributed by atoms with Crippen molar-refractivity contribution in [1.29, 1.82) is 0 Å². The summed E-state index contributed by atoms with van der Waals surface area (Å²) in [6, 6.07) is 0.399. The van der Waals surface area contributed by atoms with Gasteiger partial charge in [0.2, 0.25) is 11.8 Å². The van der Waals surface area contributed by atoms with Crippen LogP contribution in [-0.4, -0.2) is 55.8 Å². The second kappa shape index (κ2) is 7.61. The van der Waals surface area contributed by atoms with Crippen LogP contribution in [0.1, 0.15) is 69.9 Å². The van der Waals surface area contributed by atoms with Crippen LogP contribution in [-0.2, 0) is 13.1 Å². The zero-order valence-electron chi connectivity index (χ0n) is 15.8. The Labute approximate surface area is 148 Å². The molecule has 1 aliphatic heterocycles. The van der Waals surface area contributed by atoms with E-state index >= 15 is 0 Å². The molecule has 0 amide bonds. The van der Waals surface area contributed by atoms with E-state index in [0.29, 0.717) is 36.8 Å². The average Bonchev–Trinajstić information content (AvgIpc) is 3.19. The van der Waals surface area contributed by atoms with Gasteiger partial charge in [0.15, 0.2) is 11.6 Å². The van der Waals surface area contributed by atoms with Crippen molar-refractivity contribution < 1.29 is 9.05 Å². The standard InChI is InChI=1S/C17H28N6O2/c1-11(2)16-18-14(24-20-16)9-22-6-7-23(13(5)8-22)10-15-19-17(12(3)4)21-25-15/h11-13H,6-10H2,1-5H3/t13-/m1/s1. The maximum Gasteiger partial charge on any atom is 0.240 e. The fourth-order valence-corrected chi connectivity index (χ4v) is 2.95. The highest BCUT2D eigenvalue weighted by Gasteiger charge is 2.26. The summed E-state index contributed by atoms with van der Waals surface area (Å²) >= 11 is 0. The van der Waals surface area contributed by atoms with Crippen LogP contribution >= 0.6 is 0 Å². The SMILES string of the molecule is CC(C)c1noc(CN2CCN(Cc3nc(C(C)C)no3)[C@H](C)C2)n1. The molecule has 0 radical (unpaired) electrons. The Morgan fingerprint density at radius 1 is 0.920 bits per heavy atom. The normalized spacial score (nSPS) is 20.0. The first-order chi connectivity index (χ1) is 11.9. The van der Waals surface area contributed by atoms with E-state index in [-0.39, 0.29) is 5.92 Å². The van der Waals surface area contributed by atoms with Crippen molar-refractivity contribution in [3.05, 3.63) is 23.4 Å². The highest BCUT2D eigenvalue weighted by atomic mass is 16.5.